The molecule has 5 atom stereocenters. The van der Waals surface area contributed by atoms with E-state index in [-0.39, 0.29) is 0 Å². The molecule has 2 saturated carbocycles. The van der Waals surface area contributed by atoms with Crippen LogP contribution in [0.5, 0.6) is 0 Å². The topological polar surface area (TPSA) is 3.24 Å². The zero-order valence-electron chi connectivity index (χ0n) is 8.16. The highest BCUT2D eigenvalue weighted by molar-refractivity contribution is 5.07. The summed E-state index contributed by atoms with van der Waals surface area (Å²) in [6.07, 6.45) is 4.56. The molecule has 12 heavy (non-hydrogen) atoms. The van der Waals surface area contributed by atoms with Crippen molar-refractivity contribution < 1.29 is 0 Å². The zero-order valence-corrected chi connectivity index (χ0v) is 8.16. The first kappa shape index (κ1) is 7.37. The number of fused-ring (bicyclic) bond motifs is 5. The van der Waals surface area contributed by atoms with Crippen molar-refractivity contribution in [3.63, 3.8) is 0 Å². The molecule has 68 valence electrons. The van der Waals surface area contributed by atoms with E-state index in [4.69, 9.17) is 0 Å². The standard InChI is InChI=1S/C11H19N/c1-7-8-3-4-9(7)11-10(8)5-6-12(11)2/h7-11H,3-6H2,1-2H3. The molecule has 1 heterocycles. The smallest absolute Gasteiger partial charge is 0.0155 e. The van der Waals surface area contributed by atoms with Crippen molar-refractivity contribution in [2.45, 2.75) is 32.2 Å². The fourth-order valence-electron chi connectivity index (χ4n) is 4.43. The molecule has 3 rings (SSSR count). The molecule has 1 heteroatoms. The Morgan fingerprint density at radius 1 is 1.00 bits per heavy atom. The van der Waals surface area contributed by atoms with E-state index in [1.807, 2.05) is 0 Å². The fourth-order valence-corrected chi connectivity index (χ4v) is 4.43. The number of hydrogen-bond donors (Lipinski definition) is 0. The molecule has 2 bridgehead atoms. The van der Waals surface area contributed by atoms with E-state index >= 15 is 0 Å². The lowest BCUT2D eigenvalue weighted by molar-refractivity contribution is 0.197. The summed E-state index contributed by atoms with van der Waals surface area (Å²) >= 11 is 0. The molecule has 0 aromatic heterocycles. The molecule has 1 aliphatic heterocycles. The average Bonchev–Trinajstić information content (AvgIpc) is 2.66. The molecular weight excluding hydrogens is 146 g/mol. The largest absolute Gasteiger partial charge is 0.303 e. The zero-order chi connectivity index (χ0) is 8.29. The molecule has 0 radical (unpaired) electrons. The van der Waals surface area contributed by atoms with Gasteiger partial charge >= 0.3 is 0 Å². The Hall–Kier alpha value is -0.0400. The number of hydrogen-bond acceptors (Lipinski definition) is 1. The van der Waals surface area contributed by atoms with Gasteiger partial charge < -0.3 is 4.90 Å². The molecule has 0 N–H and O–H groups in total. The Kier molecular flexibility index (Phi) is 1.39. The van der Waals surface area contributed by atoms with E-state index in [2.05, 4.69) is 18.9 Å². The van der Waals surface area contributed by atoms with E-state index in [1.165, 1.54) is 19.4 Å². The summed E-state index contributed by atoms with van der Waals surface area (Å²) in [6.45, 7) is 3.86. The van der Waals surface area contributed by atoms with E-state index in [9.17, 15) is 0 Å². The van der Waals surface area contributed by atoms with Crippen molar-refractivity contribution in [1.29, 1.82) is 0 Å². The van der Waals surface area contributed by atoms with Gasteiger partial charge in [0.1, 0.15) is 0 Å². The van der Waals surface area contributed by atoms with Crippen LogP contribution in [0.25, 0.3) is 0 Å². The average molecular weight is 165 g/mol. The number of nitrogens with zero attached hydrogens (tertiary/aromatic N) is 1. The Morgan fingerprint density at radius 2 is 1.75 bits per heavy atom. The monoisotopic (exact) mass is 165 g/mol. The lowest BCUT2D eigenvalue weighted by atomic mass is 9.85. The summed E-state index contributed by atoms with van der Waals surface area (Å²) < 4.78 is 0. The molecule has 0 amide bonds. The molecule has 2 aliphatic carbocycles. The van der Waals surface area contributed by atoms with Crippen molar-refractivity contribution in [1.82, 2.24) is 4.90 Å². The van der Waals surface area contributed by atoms with Gasteiger partial charge in [-0.1, -0.05) is 6.92 Å². The molecule has 3 aliphatic rings. The van der Waals surface area contributed by atoms with Gasteiger partial charge in [-0.3, -0.25) is 0 Å². The van der Waals surface area contributed by atoms with Crippen LogP contribution in [0, 0.1) is 23.7 Å². The summed E-state index contributed by atoms with van der Waals surface area (Å²) in [4.78, 5) is 2.63. The van der Waals surface area contributed by atoms with Crippen LogP contribution >= 0.6 is 0 Å². The van der Waals surface area contributed by atoms with Gasteiger partial charge in [0.15, 0.2) is 0 Å². The van der Waals surface area contributed by atoms with Crippen molar-refractivity contribution in [2.75, 3.05) is 13.6 Å². The van der Waals surface area contributed by atoms with E-state index < -0.39 is 0 Å². The van der Waals surface area contributed by atoms with Crippen molar-refractivity contribution in [3.8, 4) is 0 Å². The van der Waals surface area contributed by atoms with Crippen LogP contribution < -0.4 is 0 Å². The summed E-state index contributed by atoms with van der Waals surface area (Å²) in [7, 11) is 2.33. The fraction of sp³-hybridized carbons (Fsp3) is 1.00. The predicted molar refractivity (Wildman–Crippen MR) is 49.9 cm³/mol. The minimum atomic E-state index is 0.985. The lowest BCUT2D eigenvalue weighted by Gasteiger charge is -2.28. The van der Waals surface area contributed by atoms with E-state index in [0.717, 1.165) is 29.7 Å². The summed E-state index contributed by atoms with van der Waals surface area (Å²) in [6, 6.07) is 0.985. The second kappa shape index (κ2) is 2.25. The van der Waals surface area contributed by atoms with Crippen LogP contribution in [-0.4, -0.2) is 24.5 Å². The van der Waals surface area contributed by atoms with Crippen molar-refractivity contribution in [2.24, 2.45) is 23.7 Å². The van der Waals surface area contributed by atoms with Crippen LogP contribution in [0.1, 0.15) is 26.2 Å². The van der Waals surface area contributed by atoms with E-state index in [1.54, 1.807) is 6.42 Å². The predicted octanol–water partition coefficient (Wildman–Crippen LogP) is 1.98. The van der Waals surface area contributed by atoms with Crippen molar-refractivity contribution >= 4 is 0 Å². The molecule has 1 nitrogen and oxygen atoms in total. The van der Waals surface area contributed by atoms with Gasteiger partial charge in [0, 0.05) is 6.04 Å². The van der Waals surface area contributed by atoms with Gasteiger partial charge in [-0.15, -0.1) is 0 Å². The van der Waals surface area contributed by atoms with Crippen LogP contribution in [0.3, 0.4) is 0 Å². The molecule has 3 fully saturated rings. The molecule has 5 unspecified atom stereocenters. The van der Waals surface area contributed by atoms with Gasteiger partial charge in [-0.2, -0.15) is 0 Å². The Labute approximate surface area is 75.1 Å². The number of rotatable bonds is 0. The Bertz CT molecular complexity index is 199. The highest BCUT2D eigenvalue weighted by atomic mass is 15.2. The number of likely N-dealkylation sites (tertiary alicyclic amines) is 1. The minimum Gasteiger partial charge on any atom is -0.303 e. The second-order valence-corrected chi connectivity index (χ2v) is 5.19. The van der Waals surface area contributed by atoms with E-state index in [0.29, 0.717) is 0 Å². The maximum Gasteiger partial charge on any atom is 0.0155 e. The molecule has 1 saturated heterocycles. The van der Waals surface area contributed by atoms with Gasteiger partial charge in [0.05, 0.1) is 0 Å². The summed E-state index contributed by atoms with van der Waals surface area (Å²) in [5.74, 6) is 4.30. The molecular formula is C11H19N. The maximum atomic E-state index is 2.63. The van der Waals surface area contributed by atoms with Gasteiger partial charge in [-0.05, 0) is 56.5 Å². The second-order valence-electron chi connectivity index (χ2n) is 5.19. The first-order valence-corrected chi connectivity index (χ1v) is 5.49. The highest BCUT2D eigenvalue weighted by Gasteiger charge is 2.55. The van der Waals surface area contributed by atoms with Crippen LogP contribution in [0.15, 0.2) is 0 Å². The summed E-state index contributed by atoms with van der Waals surface area (Å²) in [5, 5.41) is 0. The van der Waals surface area contributed by atoms with Crippen LogP contribution in [-0.2, 0) is 0 Å². The third-order valence-corrected chi connectivity index (χ3v) is 4.94. The quantitative estimate of drug-likeness (QED) is 0.530. The first-order valence-electron chi connectivity index (χ1n) is 5.49. The SMILES string of the molecule is CC1C2CCC1C1C2CCN1C. The summed E-state index contributed by atoms with van der Waals surface area (Å²) in [5.41, 5.74) is 0. The van der Waals surface area contributed by atoms with Crippen LogP contribution in [0.2, 0.25) is 0 Å². The Morgan fingerprint density at radius 3 is 2.50 bits per heavy atom. The minimum absolute atomic E-state index is 0.985. The lowest BCUT2D eigenvalue weighted by Crippen LogP contribution is -2.34. The van der Waals surface area contributed by atoms with Gasteiger partial charge in [-0.25, -0.2) is 0 Å². The Balaban J connectivity index is 1.93. The molecule has 0 aromatic rings. The van der Waals surface area contributed by atoms with Gasteiger partial charge in [0.25, 0.3) is 0 Å². The maximum absolute atomic E-state index is 2.63. The molecule has 0 aromatic carbocycles. The third-order valence-electron chi connectivity index (χ3n) is 4.94. The third kappa shape index (κ3) is 0.693. The normalized spacial score (nSPS) is 58.0. The molecule has 0 spiro atoms. The van der Waals surface area contributed by atoms with Crippen LogP contribution in [0.4, 0.5) is 0 Å². The highest BCUT2D eigenvalue weighted by Crippen LogP contribution is 2.57. The van der Waals surface area contributed by atoms with Crippen molar-refractivity contribution in [3.05, 3.63) is 0 Å². The van der Waals surface area contributed by atoms with Gasteiger partial charge in [0.2, 0.25) is 0 Å². The first-order chi connectivity index (χ1) is 5.79.